The molecule has 0 saturated carbocycles. The molecular formula is C23H26N4O3S. The standard InChI is InChI=1S/C23H26N4O3S/c24-15-19-18-9-12-27(23(29)30-14-13-26-10-5-2-6-11-26)16-20(18)31-22(19)25-21(28)17-7-3-1-4-8-17/h1,3-4,7-8H,2,5-6,9-14,16H2,(H,25,28). The van der Waals surface area contributed by atoms with Crippen molar-refractivity contribution < 1.29 is 14.3 Å². The first-order valence-electron chi connectivity index (χ1n) is 10.7. The van der Waals surface area contributed by atoms with Gasteiger partial charge in [-0.1, -0.05) is 24.6 Å². The third-order valence-electron chi connectivity index (χ3n) is 5.77. The maximum atomic E-state index is 12.5. The minimum atomic E-state index is -0.315. The first kappa shape index (κ1) is 21.3. The zero-order chi connectivity index (χ0) is 21.6. The van der Waals surface area contributed by atoms with Crippen molar-refractivity contribution in [1.82, 2.24) is 9.80 Å². The van der Waals surface area contributed by atoms with E-state index in [1.165, 1.54) is 30.6 Å². The number of amides is 2. The summed E-state index contributed by atoms with van der Waals surface area (Å²) in [4.78, 5) is 30.0. The van der Waals surface area contributed by atoms with Crippen LogP contribution in [0.3, 0.4) is 0 Å². The van der Waals surface area contributed by atoms with Gasteiger partial charge in [-0.3, -0.25) is 9.69 Å². The number of carbonyl (C=O) groups excluding carboxylic acids is 2. The maximum Gasteiger partial charge on any atom is 0.410 e. The fourth-order valence-electron chi connectivity index (χ4n) is 4.07. The molecule has 0 aliphatic carbocycles. The highest BCUT2D eigenvalue weighted by Gasteiger charge is 2.28. The Morgan fingerprint density at radius 3 is 2.65 bits per heavy atom. The van der Waals surface area contributed by atoms with Crippen molar-refractivity contribution in [2.24, 2.45) is 0 Å². The summed E-state index contributed by atoms with van der Waals surface area (Å²) < 4.78 is 5.50. The second-order valence-electron chi connectivity index (χ2n) is 7.83. The lowest BCUT2D eigenvalue weighted by Crippen LogP contribution is -2.38. The van der Waals surface area contributed by atoms with Gasteiger partial charge in [0.1, 0.15) is 17.7 Å². The molecular weight excluding hydrogens is 412 g/mol. The minimum Gasteiger partial charge on any atom is -0.448 e. The van der Waals surface area contributed by atoms with Crippen LogP contribution in [0.5, 0.6) is 0 Å². The Balaban J connectivity index is 1.37. The van der Waals surface area contributed by atoms with Crippen molar-refractivity contribution in [2.75, 3.05) is 38.1 Å². The van der Waals surface area contributed by atoms with Crippen molar-refractivity contribution in [1.29, 1.82) is 5.26 Å². The van der Waals surface area contributed by atoms with E-state index < -0.39 is 0 Å². The number of anilines is 1. The highest BCUT2D eigenvalue weighted by Crippen LogP contribution is 2.37. The van der Waals surface area contributed by atoms with E-state index in [0.29, 0.717) is 42.2 Å². The van der Waals surface area contributed by atoms with Gasteiger partial charge >= 0.3 is 6.09 Å². The third-order valence-corrected chi connectivity index (χ3v) is 6.90. The summed E-state index contributed by atoms with van der Waals surface area (Å²) in [6.45, 7) is 4.24. The number of fused-ring (bicyclic) bond motifs is 1. The van der Waals surface area contributed by atoms with Crippen LogP contribution in [-0.4, -0.2) is 54.6 Å². The summed E-state index contributed by atoms with van der Waals surface area (Å²) in [5.41, 5.74) is 1.97. The number of ether oxygens (including phenoxy) is 1. The van der Waals surface area contributed by atoms with Gasteiger partial charge in [0.2, 0.25) is 0 Å². The van der Waals surface area contributed by atoms with Crippen LogP contribution in [0.25, 0.3) is 0 Å². The van der Waals surface area contributed by atoms with E-state index in [4.69, 9.17) is 4.74 Å². The summed E-state index contributed by atoms with van der Waals surface area (Å²) >= 11 is 1.37. The number of piperidine rings is 1. The molecule has 0 unspecified atom stereocenters. The van der Waals surface area contributed by atoms with Crippen molar-refractivity contribution in [3.63, 3.8) is 0 Å². The molecule has 2 aliphatic heterocycles. The quantitative estimate of drug-likeness (QED) is 0.766. The van der Waals surface area contributed by atoms with E-state index in [2.05, 4.69) is 16.3 Å². The number of nitrogens with zero attached hydrogens (tertiary/aromatic N) is 3. The average Bonchev–Trinajstić information content (AvgIpc) is 3.16. The first-order valence-corrected chi connectivity index (χ1v) is 11.5. The molecule has 1 saturated heterocycles. The van der Waals surface area contributed by atoms with Gasteiger partial charge < -0.3 is 15.0 Å². The topological polar surface area (TPSA) is 85.7 Å². The molecule has 8 heteroatoms. The molecule has 2 aliphatic rings. The minimum absolute atomic E-state index is 0.246. The third kappa shape index (κ3) is 5.06. The Bertz CT molecular complexity index is 977. The number of hydrogen-bond donors (Lipinski definition) is 1. The molecule has 1 fully saturated rings. The molecule has 2 amide bonds. The fourth-order valence-corrected chi connectivity index (χ4v) is 5.28. The van der Waals surface area contributed by atoms with Crippen LogP contribution in [0, 0.1) is 11.3 Å². The Hall–Kier alpha value is -2.89. The Morgan fingerprint density at radius 2 is 1.90 bits per heavy atom. The number of nitriles is 1. The molecule has 1 aromatic carbocycles. The van der Waals surface area contributed by atoms with Crippen molar-refractivity contribution in [2.45, 2.75) is 32.2 Å². The predicted molar refractivity (Wildman–Crippen MR) is 119 cm³/mol. The van der Waals surface area contributed by atoms with E-state index in [-0.39, 0.29) is 12.0 Å². The normalized spacial score (nSPS) is 16.3. The van der Waals surface area contributed by atoms with Crippen molar-refractivity contribution in [3.05, 3.63) is 51.9 Å². The van der Waals surface area contributed by atoms with E-state index in [0.717, 1.165) is 30.1 Å². The molecule has 4 rings (SSSR count). The average molecular weight is 439 g/mol. The SMILES string of the molecule is N#Cc1c(NC(=O)c2ccccc2)sc2c1CCN(C(=O)OCCN1CCCCC1)C2. The Labute approximate surface area is 186 Å². The van der Waals surface area contributed by atoms with Crippen LogP contribution in [0.4, 0.5) is 9.80 Å². The molecule has 1 N–H and O–H groups in total. The van der Waals surface area contributed by atoms with Crippen LogP contribution in [0.2, 0.25) is 0 Å². The lowest BCUT2D eigenvalue weighted by atomic mass is 10.0. The Morgan fingerprint density at radius 1 is 1.13 bits per heavy atom. The van der Waals surface area contributed by atoms with E-state index >= 15 is 0 Å². The van der Waals surface area contributed by atoms with E-state index in [9.17, 15) is 14.9 Å². The first-order chi connectivity index (χ1) is 15.2. The van der Waals surface area contributed by atoms with E-state index in [1.54, 1.807) is 29.2 Å². The Kier molecular flexibility index (Phi) is 6.85. The molecule has 0 bridgehead atoms. The van der Waals surface area contributed by atoms with Crippen molar-refractivity contribution >= 4 is 28.3 Å². The molecule has 162 valence electrons. The van der Waals surface area contributed by atoms with Gasteiger partial charge in [0.05, 0.1) is 12.1 Å². The number of nitrogens with one attached hydrogen (secondary N) is 1. The smallest absolute Gasteiger partial charge is 0.410 e. The van der Waals surface area contributed by atoms with Crippen LogP contribution < -0.4 is 5.32 Å². The van der Waals surface area contributed by atoms with Gasteiger partial charge in [-0.2, -0.15) is 5.26 Å². The number of benzene rings is 1. The van der Waals surface area contributed by atoms with Crippen molar-refractivity contribution in [3.8, 4) is 6.07 Å². The largest absolute Gasteiger partial charge is 0.448 e. The summed E-state index contributed by atoms with van der Waals surface area (Å²) in [6.07, 6.45) is 3.98. The zero-order valence-corrected chi connectivity index (χ0v) is 18.2. The van der Waals surface area contributed by atoms with Crippen LogP contribution in [-0.2, 0) is 17.7 Å². The number of hydrogen-bond acceptors (Lipinski definition) is 6. The van der Waals surface area contributed by atoms with Gasteiger partial charge in [-0.25, -0.2) is 4.79 Å². The van der Waals surface area contributed by atoms with Crippen LogP contribution >= 0.6 is 11.3 Å². The molecule has 1 aromatic heterocycles. The molecule has 0 radical (unpaired) electrons. The van der Waals surface area contributed by atoms with Crippen LogP contribution in [0.1, 0.15) is 45.6 Å². The molecule has 7 nitrogen and oxygen atoms in total. The highest BCUT2D eigenvalue weighted by atomic mass is 32.1. The summed E-state index contributed by atoms with van der Waals surface area (Å²) in [7, 11) is 0. The number of likely N-dealkylation sites (tertiary alicyclic amines) is 1. The monoisotopic (exact) mass is 438 g/mol. The molecule has 0 atom stereocenters. The maximum absolute atomic E-state index is 12.5. The lowest BCUT2D eigenvalue weighted by Gasteiger charge is -2.28. The second kappa shape index (κ2) is 9.94. The number of carbonyl (C=O) groups is 2. The van der Waals surface area contributed by atoms with Crippen LogP contribution in [0.15, 0.2) is 30.3 Å². The van der Waals surface area contributed by atoms with Gasteiger partial charge in [-0.05, 0) is 50.0 Å². The summed E-state index contributed by atoms with van der Waals surface area (Å²) in [5, 5.41) is 13.1. The fraction of sp³-hybridized carbons (Fsp3) is 0.435. The highest BCUT2D eigenvalue weighted by molar-refractivity contribution is 7.16. The zero-order valence-electron chi connectivity index (χ0n) is 17.4. The summed E-state index contributed by atoms with van der Waals surface area (Å²) in [6, 6.07) is 11.1. The summed E-state index contributed by atoms with van der Waals surface area (Å²) in [5.74, 6) is -0.246. The van der Waals surface area contributed by atoms with Gasteiger partial charge in [0, 0.05) is 23.5 Å². The van der Waals surface area contributed by atoms with Gasteiger partial charge in [0.25, 0.3) is 5.91 Å². The van der Waals surface area contributed by atoms with Gasteiger partial charge in [-0.15, -0.1) is 11.3 Å². The molecule has 3 heterocycles. The number of rotatable bonds is 5. The molecule has 0 spiro atoms. The molecule has 31 heavy (non-hydrogen) atoms. The van der Waals surface area contributed by atoms with E-state index in [1.807, 2.05) is 6.07 Å². The predicted octanol–water partition coefficient (Wildman–Crippen LogP) is 3.85. The second-order valence-corrected chi connectivity index (χ2v) is 8.93. The lowest BCUT2D eigenvalue weighted by molar-refractivity contribution is 0.0837. The van der Waals surface area contributed by atoms with Gasteiger partial charge in [0.15, 0.2) is 0 Å². The molecule has 2 aromatic rings. The number of thiophene rings is 1.